The van der Waals surface area contributed by atoms with Gasteiger partial charge in [-0.05, 0) is 42.5 Å². The minimum absolute atomic E-state index is 0.227. The quantitative estimate of drug-likeness (QED) is 0.720. The molecule has 0 aromatic heterocycles. The minimum Gasteiger partial charge on any atom is -0.454 e. The van der Waals surface area contributed by atoms with Crippen molar-refractivity contribution in [2.24, 2.45) is 0 Å². The zero-order valence-corrected chi connectivity index (χ0v) is 14.5. The smallest absolute Gasteiger partial charge is 0.417 e. The second-order valence-corrected chi connectivity index (χ2v) is 5.97. The molecule has 1 aliphatic rings. The zero-order chi connectivity index (χ0) is 18.8. The lowest BCUT2D eigenvalue weighted by molar-refractivity contribution is 0.0993. The van der Waals surface area contributed by atoms with Crippen LogP contribution in [0.1, 0.15) is 10.4 Å². The highest BCUT2D eigenvalue weighted by Gasteiger charge is 2.26. The molecular weight excluding hydrogens is 344 g/mol. The molecule has 134 valence electrons. The molecule has 3 aromatic carbocycles. The molecule has 1 heterocycles. The van der Waals surface area contributed by atoms with E-state index in [4.69, 9.17) is 9.47 Å². The van der Waals surface area contributed by atoms with Gasteiger partial charge in [0.05, 0.1) is 11.3 Å². The van der Waals surface area contributed by atoms with Crippen LogP contribution in [0.5, 0.6) is 17.2 Å². The van der Waals surface area contributed by atoms with Gasteiger partial charge in [0.25, 0.3) is 5.91 Å². The number of rotatable bonds is 2. The van der Waals surface area contributed by atoms with E-state index < -0.39 is 6.09 Å². The Balaban J connectivity index is 1.59. The molecule has 0 saturated carbocycles. The number of carbonyl (C=O) groups is 2. The van der Waals surface area contributed by atoms with Crippen LogP contribution in [0.2, 0.25) is 0 Å². The van der Waals surface area contributed by atoms with Gasteiger partial charge in [-0.3, -0.25) is 10.1 Å². The minimum atomic E-state index is -0.639. The molecule has 0 unspecified atom stereocenters. The van der Waals surface area contributed by atoms with Crippen LogP contribution >= 0.6 is 0 Å². The first kappa shape index (κ1) is 16.7. The van der Waals surface area contributed by atoms with Crippen molar-refractivity contribution >= 4 is 23.4 Å². The van der Waals surface area contributed by atoms with E-state index in [-0.39, 0.29) is 5.91 Å². The van der Waals surface area contributed by atoms with Crippen molar-refractivity contribution in [2.75, 3.05) is 17.3 Å². The van der Waals surface area contributed by atoms with Crippen LogP contribution in [-0.2, 0) is 0 Å². The van der Waals surface area contributed by atoms with E-state index in [0.29, 0.717) is 34.2 Å². The number of nitrogens with one attached hydrogen (secondary N) is 1. The Morgan fingerprint density at radius 3 is 2.52 bits per heavy atom. The molecule has 0 aliphatic carbocycles. The van der Waals surface area contributed by atoms with Gasteiger partial charge in [-0.25, -0.2) is 4.79 Å². The molecule has 6 heteroatoms. The standard InChI is InChI=1S/C21H16N2O4/c1-23-17-9-5-6-10-19(17)27-18-12-11-14(13-16(18)20(23)24)22-21(25)26-15-7-3-2-4-8-15/h2-13H,1H3,(H,22,25). The number of fused-ring (bicyclic) bond motifs is 2. The number of para-hydroxylation sites is 3. The highest BCUT2D eigenvalue weighted by Crippen LogP contribution is 2.38. The van der Waals surface area contributed by atoms with Gasteiger partial charge in [0.1, 0.15) is 11.5 Å². The van der Waals surface area contributed by atoms with Crippen LogP contribution < -0.4 is 19.7 Å². The van der Waals surface area contributed by atoms with Crippen molar-refractivity contribution in [2.45, 2.75) is 0 Å². The Morgan fingerprint density at radius 1 is 0.963 bits per heavy atom. The largest absolute Gasteiger partial charge is 0.454 e. The fraction of sp³-hybridized carbons (Fsp3) is 0.0476. The summed E-state index contributed by atoms with van der Waals surface area (Å²) in [7, 11) is 1.68. The van der Waals surface area contributed by atoms with Crippen molar-refractivity contribution in [3.05, 3.63) is 78.4 Å². The Hall–Kier alpha value is -3.80. The second-order valence-electron chi connectivity index (χ2n) is 5.97. The summed E-state index contributed by atoms with van der Waals surface area (Å²) in [5.74, 6) is 1.23. The highest BCUT2D eigenvalue weighted by atomic mass is 16.6. The van der Waals surface area contributed by atoms with Gasteiger partial charge in [-0.1, -0.05) is 30.3 Å². The molecule has 27 heavy (non-hydrogen) atoms. The molecule has 0 fully saturated rings. The highest BCUT2D eigenvalue weighted by molar-refractivity contribution is 6.10. The first-order valence-corrected chi connectivity index (χ1v) is 8.35. The first-order valence-electron chi connectivity index (χ1n) is 8.35. The van der Waals surface area contributed by atoms with Crippen molar-refractivity contribution in [1.82, 2.24) is 0 Å². The molecule has 0 atom stereocenters. The summed E-state index contributed by atoms with van der Waals surface area (Å²) in [4.78, 5) is 26.4. The number of benzene rings is 3. The summed E-state index contributed by atoms with van der Waals surface area (Å²) in [6.07, 6.45) is -0.639. The van der Waals surface area contributed by atoms with Crippen molar-refractivity contribution < 1.29 is 19.1 Å². The van der Waals surface area contributed by atoms with E-state index in [1.807, 2.05) is 24.3 Å². The van der Waals surface area contributed by atoms with Crippen molar-refractivity contribution in [3.63, 3.8) is 0 Å². The predicted molar refractivity (Wildman–Crippen MR) is 102 cm³/mol. The SMILES string of the molecule is CN1C(=O)c2cc(NC(=O)Oc3ccccc3)ccc2Oc2ccccc21. The van der Waals surface area contributed by atoms with Gasteiger partial charge in [0.15, 0.2) is 5.75 Å². The number of anilines is 2. The van der Waals surface area contributed by atoms with E-state index in [0.717, 1.165) is 0 Å². The third-order valence-electron chi connectivity index (χ3n) is 4.16. The van der Waals surface area contributed by atoms with E-state index in [1.54, 1.807) is 55.6 Å². The summed E-state index contributed by atoms with van der Waals surface area (Å²) in [5, 5.41) is 2.63. The summed E-state index contributed by atoms with van der Waals surface area (Å²) >= 11 is 0. The Bertz CT molecular complexity index is 1020. The molecule has 3 aromatic rings. The van der Waals surface area contributed by atoms with Gasteiger partial charge in [-0.2, -0.15) is 0 Å². The summed E-state index contributed by atoms with van der Waals surface area (Å²) < 4.78 is 11.1. The molecule has 1 aliphatic heterocycles. The second kappa shape index (κ2) is 6.84. The van der Waals surface area contributed by atoms with Crippen LogP contribution in [0.15, 0.2) is 72.8 Å². The normalized spacial score (nSPS) is 12.3. The van der Waals surface area contributed by atoms with Crippen LogP contribution in [-0.4, -0.2) is 19.0 Å². The number of amides is 2. The average molecular weight is 360 g/mol. The number of hydrogen-bond donors (Lipinski definition) is 1. The van der Waals surface area contributed by atoms with Crippen LogP contribution in [0.25, 0.3) is 0 Å². The van der Waals surface area contributed by atoms with Gasteiger partial charge in [0, 0.05) is 12.7 Å². The van der Waals surface area contributed by atoms with Gasteiger partial charge in [-0.15, -0.1) is 0 Å². The maximum atomic E-state index is 12.8. The summed E-state index contributed by atoms with van der Waals surface area (Å²) in [6, 6.07) is 20.9. The molecule has 0 radical (unpaired) electrons. The number of hydrogen-bond acceptors (Lipinski definition) is 4. The van der Waals surface area contributed by atoms with E-state index in [9.17, 15) is 9.59 Å². The maximum absolute atomic E-state index is 12.8. The lowest BCUT2D eigenvalue weighted by atomic mass is 10.1. The van der Waals surface area contributed by atoms with Gasteiger partial charge < -0.3 is 14.4 Å². The molecule has 6 nitrogen and oxygen atoms in total. The van der Waals surface area contributed by atoms with E-state index in [1.165, 1.54) is 4.90 Å². The van der Waals surface area contributed by atoms with E-state index >= 15 is 0 Å². The third kappa shape index (κ3) is 3.32. The maximum Gasteiger partial charge on any atom is 0.417 e. The molecule has 2 amide bonds. The zero-order valence-electron chi connectivity index (χ0n) is 14.5. The Labute approximate surface area is 155 Å². The molecule has 0 spiro atoms. The van der Waals surface area contributed by atoms with Crippen LogP contribution in [0, 0.1) is 0 Å². The summed E-state index contributed by atoms with van der Waals surface area (Å²) in [6.45, 7) is 0. The molecule has 0 saturated heterocycles. The molecular formula is C21H16N2O4. The van der Waals surface area contributed by atoms with Gasteiger partial charge >= 0.3 is 6.09 Å². The number of carbonyl (C=O) groups excluding carboxylic acids is 2. The molecule has 0 bridgehead atoms. The van der Waals surface area contributed by atoms with Gasteiger partial charge in [0.2, 0.25) is 0 Å². The van der Waals surface area contributed by atoms with Crippen LogP contribution in [0.4, 0.5) is 16.2 Å². The lowest BCUT2D eigenvalue weighted by Gasteiger charge is -2.16. The average Bonchev–Trinajstić information content (AvgIpc) is 2.78. The molecule has 4 rings (SSSR count). The third-order valence-corrected chi connectivity index (χ3v) is 4.16. The number of ether oxygens (including phenoxy) is 2. The molecule has 1 N–H and O–H groups in total. The lowest BCUT2D eigenvalue weighted by Crippen LogP contribution is -2.25. The van der Waals surface area contributed by atoms with Crippen LogP contribution in [0.3, 0.4) is 0 Å². The fourth-order valence-electron chi connectivity index (χ4n) is 2.83. The Kier molecular flexibility index (Phi) is 4.22. The predicted octanol–water partition coefficient (Wildman–Crippen LogP) is 4.68. The fourth-order valence-corrected chi connectivity index (χ4v) is 2.83. The van der Waals surface area contributed by atoms with E-state index in [2.05, 4.69) is 5.32 Å². The topological polar surface area (TPSA) is 67.9 Å². The first-order chi connectivity index (χ1) is 13.1. The van der Waals surface area contributed by atoms with Crippen molar-refractivity contribution in [3.8, 4) is 17.2 Å². The monoisotopic (exact) mass is 360 g/mol. The number of nitrogens with zero attached hydrogens (tertiary/aromatic N) is 1. The summed E-state index contributed by atoms with van der Waals surface area (Å²) in [5.41, 5.74) is 1.47. The Morgan fingerprint density at radius 2 is 1.70 bits per heavy atom. The van der Waals surface area contributed by atoms with Crippen molar-refractivity contribution in [1.29, 1.82) is 0 Å².